The number of hydrazone groups is 1. The summed E-state index contributed by atoms with van der Waals surface area (Å²) in [7, 11) is 0. The third-order valence-electron chi connectivity index (χ3n) is 2.66. The average molecular weight is 261 g/mol. The van der Waals surface area contributed by atoms with Crippen LogP contribution in [-0.4, -0.2) is 16.5 Å². The lowest BCUT2D eigenvalue weighted by atomic mass is 10.1. The van der Waals surface area contributed by atoms with Crippen molar-refractivity contribution in [3.63, 3.8) is 0 Å². The third kappa shape index (κ3) is 1.95. The Morgan fingerprint density at radius 3 is 2.88 bits per heavy atom. The van der Waals surface area contributed by atoms with Crippen LogP contribution in [0.2, 0.25) is 0 Å². The van der Waals surface area contributed by atoms with Gasteiger partial charge in [0.1, 0.15) is 10.1 Å². The fourth-order valence-electron chi connectivity index (χ4n) is 1.29. The molecule has 1 amide bonds. The lowest BCUT2D eigenvalue weighted by molar-refractivity contribution is -0.125. The minimum Gasteiger partial charge on any atom is -0.463 e. The molecule has 1 saturated carbocycles. The summed E-state index contributed by atoms with van der Waals surface area (Å²) >= 11 is 11.7. The van der Waals surface area contributed by atoms with Crippen LogP contribution in [0.3, 0.4) is 0 Å². The summed E-state index contributed by atoms with van der Waals surface area (Å²) in [6, 6.07) is 3.45. The van der Waals surface area contributed by atoms with Crippen LogP contribution in [0.25, 0.3) is 0 Å². The van der Waals surface area contributed by atoms with E-state index in [4.69, 9.17) is 27.6 Å². The molecule has 16 heavy (non-hydrogen) atoms. The minimum atomic E-state index is -0.975. The molecule has 0 radical (unpaired) electrons. The molecule has 0 aliphatic heterocycles. The van der Waals surface area contributed by atoms with Crippen molar-refractivity contribution in [3.8, 4) is 0 Å². The number of furan rings is 1. The van der Waals surface area contributed by atoms with Gasteiger partial charge in [0, 0.05) is 0 Å². The largest absolute Gasteiger partial charge is 0.463 e. The van der Waals surface area contributed by atoms with Crippen LogP contribution >= 0.6 is 23.2 Å². The molecule has 1 fully saturated rings. The smallest absolute Gasteiger partial charge is 0.249 e. The zero-order valence-corrected chi connectivity index (χ0v) is 10.0. The van der Waals surface area contributed by atoms with Crippen molar-refractivity contribution in [1.29, 1.82) is 0 Å². The standard InChI is InChI=1S/C10H10Cl2N2O2/c1-9(6-10(9,11)12)8(15)14-13-5-7-3-2-4-16-7/h2-5H,6H2,1H3,(H,14,15). The minimum absolute atomic E-state index is 0.291. The highest BCUT2D eigenvalue weighted by Crippen LogP contribution is 2.63. The lowest BCUT2D eigenvalue weighted by Gasteiger charge is -2.08. The SMILES string of the molecule is CC1(C(=O)NN=Cc2ccco2)CC1(Cl)Cl. The van der Waals surface area contributed by atoms with Gasteiger partial charge in [-0.3, -0.25) is 4.79 Å². The van der Waals surface area contributed by atoms with Crippen LogP contribution in [0.1, 0.15) is 19.1 Å². The summed E-state index contributed by atoms with van der Waals surface area (Å²) in [4.78, 5) is 11.6. The quantitative estimate of drug-likeness (QED) is 0.515. The van der Waals surface area contributed by atoms with E-state index in [1.54, 1.807) is 19.1 Å². The van der Waals surface area contributed by atoms with Crippen LogP contribution in [0.5, 0.6) is 0 Å². The molecule has 0 spiro atoms. The molecule has 1 aromatic rings. The summed E-state index contributed by atoms with van der Waals surface area (Å²) in [6.45, 7) is 1.70. The molecule has 1 aromatic heterocycles. The number of nitrogens with zero attached hydrogens (tertiary/aromatic N) is 1. The molecule has 0 saturated heterocycles. The van der Waals surface area contributed by atoms with Crippen molar-refractivity contribution in [2.75, 3.05) is 0 Å². The molecule has 86 valence electrons. The second kappa shape index (κ2) is 3.79. The van der Waals surface area contributed by atoms with E-state index in [0.717, 1.165) is 0 Å². The van der Waals surface area contributed by atoms with Gasteiger partial charge in [0.2, 0.25) is 5.91 Å². The Morgan fingerprint density at radius 1 is 1.69 bits per heavy atom. The van der Waals surface area contributed by atoms with Gasteiger partial charge in [0.15, 0.2) is 0 Å². The van der Waals surface area contributed by atoms with Gasteiger partial charge in [-0.2, -0.15) is 5.10 Å². The summed E-state index contributed by atoms with van der Waals surface area (Å²) in [5.74, 6) is 0.268. The summed E-state index contributed by atoms with van der Waals surface area (Å²) in [5.41, 5.74) is 1.63. The summed E-state index contributed by atoms with van der Waals surface area (Å²) in [5, 5.41) is 3.75. The molecule has 0 bridgehead atoms. The number of hydrogen-bond acceptors (Lipinski definition) is 3. The molecule has 1 unspecified atom stereocenters. The molecule has 1 aliphatic rings. The number of carbonyl (C=O) groups is 1. The first-order valence-corrected chi connectivity index (χ1v) is 5.46. The second-order valence-corrected chi connectivity index (χ2v) is 5.41. The van der Waals surface area contributed by atoms with E-state index >= 15 is 0 Å². The Morgan fingerprint density at radius 2 is 2.38 bits per heavy atom. The molecular formula is C10H10Cl2N2O2. The highest BCUT2D eigenvalue weighted by atomic mass is 35.5. The predicted molar refractivity (Wildman–Crippen MR) is 61.6 cm³/mol. The zero-order chi connectivity index (χ0) is 11.8. The third-order valence-corrected chi connectivity index (χ3v) is 3.76. The monoisotopic (exact) mass is 260 g/mol. The first-order valence-electron chi connectivity index (χ1n) is 4.70. The molecule has 1 atom stereocenters. The van der Waals surface area contributed by atoms with Crippen molar-refractivity contribution in [2.24, 2.45) is 10.5 Å². The van der Waals surface area contributed by atoms with Crippen molar-refractivity contribution >= 4 is 35.3 Å². The van der Waals surface area contributed by atoms with Gasteiger partial charge < -0.3 is 4.42 Å². The van der Waals surface area contributed by atoms with Gasteiger partial charge in [0.25, 0.3) is 0 Å². The van der Waals surface area contributed by atoms with E-state index in [0.29, 0.717) is 12.2 Å². The Balaban J connectivity index is 1.90. The number of rotatable bonds is 3. The fourth-order valence-corrected chi connectivity index (χ4v) is 2.00. The van der Waals surface area contributed by atoms with Gasteiger partial charge in [-0.05, 0) is 25.5 Å². The average Bonchev–Trinajstić information content (AvgIpc) is 2.64. The first kappa shape index (κ1) is 11.5. The van der Waals surface area contributed by atoms with Crippen LogP contribution in [0.4, 0.5) is 0 Å². The lowest BCUT2D eigenvalue weighted by Crippen LogP contribution is -2.29. The van der Waals surface area contributed by atoms with Crippen LogP contribution in [-0.2, 0) is 4.79 Å². The number of halogens is 2. The van der Waals surface area contributed by atoms with Gasteiger partial charge in [-0.15, -0.1) is 23.2 Å². The number of carbonyl (C=O) groups excluding carboxylic acids is 1. The van der Waals surface area contributed by atoms with E-state index in [-0.39, 0.29) is 5.91 Å². The normalized spacial score (nSPS) is 26.9. The predicted octanol–water partition coefficient (Wildman–Crippen LogP) is 2.31. The molecule has 1 aliphatic carbocycles. The van der Waals surface area contributed by atoms with Gasteiger partial charge >= 0.3 is 0 Å². The highest BCUT2D eigenvalue weighted by molar-refractivity contribution is 6.53. The van der Waals surface area contributed by atoms with Gasteiger partial charge in [-0.1, -0.05) is 0 Å². The van der Waals surface area contributed by atoms with Gasteiger partial charge in [-0.25, -0.2) is 5.43 Å². The maximum atomic E-state index is 11.6. The van der Waals surface area contributed by atoms with Crippen LogP contribution < -0.4 is 5.43 Å². The fraction of sp³-hybridized carbons (Fsp3) is 0.400. The zero-order valence-electron chi connectivity index (χ0n) is 8.54. The van der Waals surface area contributed by atoms with E-state index in [1.165, 1.54) is 12.5 Å². The van der Waals surface area contributed by atoms with E-state index in [1.807, 2.05) is 0 Å². The topological polar surface area (TPSA) is 54.6 Å². The number of hydrogen-bond donors (Lipinski definition) is 1. The number of alkyl halides is 2. The Bertz CT molecular complexity index is 428. The maximum Gasteiger partial charge on any atom is 0.249 e. The number of nitrogens with one attached hydrogen (secondary N) is 1. The highest BCUT2D eigenvalue weighted by Gasteiger charge is 2.68. The number of amides is 1. The Hall–Kier alpha value is -1.000. The summed E-state index contributed by atoms with van der Waals surface area (Å²) < 4.78 is 4.03. The van der Waals surface area contributed by atoms with Crippen molar-refractivity contribution in [3.05, 3.63) is 24.2 Å². The molecule has 6 heteroatoms. The van der Waals surface area contributed by atoms with Crippen molar-refractivity contribution in [2.45, 2.75) is 17.7 Å². The van der Waals surface area contributed by atoms with Gasteiger partial charge in [0.05, 0.1) is 17.9 Å². The molecule has 2 rings (SSSR count). The van der Waals surface area contributed by atoms with Crippen molar-refractivity contribution < 1.29 is 9.21 Å². The molecule has 4 nitrogen and oxygen atoms in total. The van der Waals surface area contributed by atoms with E-state index in [2.05, 4.69) is 10.5 Å². The summed E-state index contributed by atoms with van der Waals surface area (Å²) in [6.07, 6.45) is 3.37. The molecule has 1 heterocycles. The first-order chi connectivity index (χ1) is 7.46. The molecule has 1 N–H and O–H groups in total. The van der Waals surface area contributed by atoms with E-state index in [9.17, 15) is 4.79 Å². The molecule has 0 aromatic carbocycles. The Labute approximate surface area is 103 Å². The van der Waals surface area contributed by atoms with E-state index < -0.39 is 9.75 Å². The van der Waals surface area contributed by atoms with Crippen LogP contribution in [0, 0.1) is 5.41 Å². The second-order valence-electron chi connectivity index (χ2n) is 3.93. The Kier molecular flexibility index (Phi) is 2.72. The van der Waals surface area contributed by atoms with Crippen LogP contribution in [0.15, 0.2) is 27.9 Å². The maximum absolute atomic E-state index is 11.6. The molecular weight excluding hydrogens is 251 g/mol. The van der Waals surface area contributed by atoms with Crippen molar-refractivity contribution in [1.82, 2.24) is 5.43 Å².